The first-order valence-electron chi connectivity index (χ1n) is 8.45. The van der Waals surface area contributed by atoms with Gasteiger partial charge in [-0.3, -0.25) is 4.79 Å². The minimum atomic E-state index is -3.97. The molecule has 1 saturated heterocycles. The Hall–Kier alpha value is -2.63. The van der Waals surface area contributed by atoms with E-state index in [0.717, 1.165) is 6.07 Å². The van der Waals surface area contributed by atoms with Crippen LogP contribution >= 0.6 is 0 Å². The van der Waals surface area contributed by atoms with Crippen LogP contribution < -0.4 is 14.8 Å². The molecule has 0 unspecified atom stereocenters. The number of benzene rings is 2. The fourth-order valence-corrected chi connectivity index (χ4v) is 4.04. The lowest BCUT2D eigenvalue weighted by atomic mass is 10.1. The summed E-state index contributed by atoms with van der Waals surface area (Å²) in [6.45, 7) is 0.668. The molecule has 3 rings (SSSR count). The minimum Gasteiger partial charge on any atom is -0.496 e. The lowest BCUT2D eigenvalue weighted by Gasteiger charge is -2.14. The molecule has 1 aliphatic heterocycles. The van der Waals surface area contributed by atoms with E-state index in [1.54, 1.807) is 0 Å². The van der Waals surface area contributed by atoms with Crippen molar-refractivity contribution in [1.82, 2.24) is 4.72 Å². The van der Waals surface area contributed by atoms with E-state index in [2.05, 4.69) is 10.0 Å². The van der Waals surface area contributed by atoms with Crippen LogP contribution in [0, 0.1) is 17.5 Å². The smallest absolute Gasteiger partial charge is 0.259 e. The summed E-state index contributed by atoms with van der Waals surface area (Å²) in [7, 11) is -2.71. The van der Waals surface area contributed by atoms with Crippen LogP contribution in [0.3, 0.4) is 0 Å². The van der Waals surface area contributed by atoms with Crippen molar-refractivity contribution in [3.8, 4) is 5.75 Å². The second-order valence-electron chi connectivity index (χ2n) is 6.24. The first-order chi connectivity index (χ1) is 13.7. The summed E-state index contributed by atoms with van der Waals surface area (Å²) in [5.41, 5.74) is -0.840. The number of sulfonamides is 1. The van der Waals surface area contributed by atoms with E-state index in [4.69, 9.17) is 9.47 Å². The maximum absolute atomic E-state index is 13.8. The molecule has 0 spiro atoms. The van der Waals surface area contributed by atoms with Crippen LogP contribution in [0.5, 0.6) is 5.75 Å². The van der Waals surface area contributed by atoms with E-state index in [0.29, 0.717) is 19.1 Å². The normalized spacial score (nSPS) is 16.6. The van der Waals surface area contributed by atoms with Crippen molar-refractivity contribution in [2.24, 2.45) is 0 Å². The van der Waals surface area contributed by atoms with E-state index in [-0.39, 0.29) is 28.9 Å². The molecule has 2 aromatic rings. The quantitative estimate of drug-likeness (QED) is 0.687. The van der Waals surface area contributed by atoms with E-state index >= 15 is 0 Å². The van der Waals surface area contributed by atoms with Crippen LogP contribution in [0.1, 0.15) is 16.8 Å². The summed E-state index contributed by atoms with van der Waals surface area (Å²) in [4.78, 5) is 12.3. The van der Waals surface area contributed by atoms with Gasteiger partial charge in [0.1, 0.15) is 11.6 Å². The molecule has 0 aliphatic carbocycles. The topological polar surface area (TPSA) is 93.7 Å². The van der Waals surface area contributed by atoms with Crippen molar-refractivity contribution in [2.75, 3.05) is 25.6 Å². The van der Waals surface area contributed by atoms with Gasteiger partial charge >= 0.3 is 0 Å². The van der Waals surface area contributed by atoms with E-state index in [1.807, 2.05) is 0 Å². The molecule has 0 aromatic heterocycles. The van der Waals surface area contributed by atoms with Crippen LogP contribution in [0.4, 0.5) is 18.9 Å². The summed E-state index contributed by atoms with van der Waals surface area (Å²) in [6, 6.07) is 3.93. The Bertz CT molecular complexity index is 1040. The molecule has 2 aromatic carbocycles. The van der Waals surface area contributed by atoms with Crippen molar-refractivity contribution < 1.29 is 35.9 Å². The van der Waals surface area contributed by atoms with Gasteiger partial charge in [-0.1, -0.05) is 0 Å². The average Bonchev–Trinajstić information content (AvgIpc) is 3.17. The van der Waals surface area contributed by atoms with Crippen molar-refractivity contribution >= 4 is 21.6 Å². The largest absolute Gasteiger partial charge is 0.496 e. The SMILES string of the molecule is COc1ccc(S(=O)(=O)N[C@H]2CCOC2)cc1C(=O)Nc1cc(F)c(F)cc1F. The van der Waals surface area contributed by atoms with E-state index in [1.165, 1.54) is 19.2 Å². The van der Waals surface area contributed by atoms with Crippen LogP contribution in [0.15, 0.2) is 35.2 Å². The van der Waals surface area contributed by atoms with Gasteiger partial charge in [-0.25, -0.2) is 26.3 Å². The van der Waals surface area contributed by atoms with E-state index in [9.17, 15) is 26.4 Å². The third kappa shape index (κ3) is 4.69. The second kappa shape index (κ2) is 8.39. The van der Waals surface area contributed by atoms with Gasteiger partial charge in [0.25, 0.3) is 5.91 Å². The molecule has 29 heavy (non-hydrogen) atoms. The number of ether oxygens (including phenoxy) is 2. The summed E-state index contributed by atoms with van der Waals surface area (Å²) in [6.07, 6.45) is 0.512. The number of hydrogen-bond acceptors (Lipinski definition) is 5. The molecule has 0 bridgehead atoms. The summed E-state index contributed by atoms with van der Waals surface area (Å²) in [5, 5.41) is 2.09. The van der Waals surface area contributed by atoms with Gasteiger partial charge in [0.15, 0.2) is 11.6 Å². The zero-order chi connectivity index (χ0) is 21.2. The molecule has 1 aliphatic rings. The van der Waals surface area contributed by atoms with Crippen LogP contribution in [-0.2, 0) is 14.8 Å². The highest BCUT2D eigenvalue weighted by Gasteiger charge is 2.25. The predicted molar refractivity (Wildman–Crippen MR) is 96.8 cm³/mol. The highest BCUT2D eigenvalue weighted by atomic mass is 32.2. The molecule has 7 nitrogen and oxygen atoms in total. The monoisotopic (exact) mass is 430 g/mol. The van der Waals surface area contributed by atoms with Crippen molar-refractivity contribution in [3.05, 3.63) is 53.3 Å². The van der Waals surface area contributed by atoms with Gasteiger partial charge in [0.2, 0.25) is 10.0 Å². The van der Waals surface area contributed by atoms with Gasteiger partial charge in [-0.15, -0.1) is 0 Å². The predicted octanol–water partition coefficient (Wildman–Crippen LogP) is 2.43. The molecule has 1 fully saturated rings. The average molecular weight is 430 g/mol. The van der Waals surface area contributed by atoms with Gasteiger partial charge in [0, 0.05) is 24.8 Å². The number of carbonyl (C=O) groups is 1. The number of hydrogen-bond donors (Lipinski definition) is 2. The Labute approximate surface area is 164 Å². The molecule has 0 radical (unpaired) electrons. The third-order valence-corrected chi connectivity index (χ3v) is 5.75. The molecular weight excluding hydrogens is 413 g/mol. The van der Waals surface area contributed by atoms with Gasteiger partial charge < -0.3 is 14.8 Å². The zero-order valence-electron chi connectivity index (χ0n) is 15.2. The number of carbonyl (C=O) groups excluding carboxylic acids is 1. The van der Waals surface area contributed by atoms with Gasteiger partial charge in [0.05, 0.1) is 29.9 Å². The lowest BCUT2D eigenvalue weighted by Crippen LogP contribution is -2.35. The highest BCUT2D eigenvalue weighted by Crippen LogP contribution is 2.25. The Balaban J connectivity index is 1.90. The summed E-state index contributed by atoms with van der Waals surface area (Å²) < 4.78 is 78.0. The summed E-state index contributed by atoms with van der Waals surface area (Å²) in [5.74, 6) is -4.91. The van der Waals surface area contributed by atoms with E-state index < -0.39 is 45.1 Å². The van der Waals surface area contributed by atoms with Crippen LogP contribution in [-0.4, -0.2) is 40.7 Å². The number of nitrogens with one attached hydrogen (secondary N) is 2. The maximum atomic E-state index is 13.8. The Morgan fingerprint density at radius 3 is 2.52 bits per heavy atom. The number of methoxy groups -OCH3 is 1. The summed E-state index contributed by atoms with van der Waals surface area (Å²) >= 11 is 0. The van der Waals surface area contributed by atoms with Crippen molar-refractivity contribution in [2.45, 2.75) is 17.4 Å². The van der Waals surface area contributed by atoms with Gasteiger partial charge in [-0.05, 0) is 24.6 Å². The maximum Gasteiger partial charge on any atom is 0.259 e. The first-order valence-corrected chi connectivity index (χ1v) is 9.93. The number of halogens is 3. The fourth-order valence-electron chi connectivity index (χ4n) is 2.75. The second-order valence-corrected chi connectivity index (χ2v) is 7.96. The molecule has 2 N–H and O–H groups in total. The molecule has 156 valence electrons. The standard InChI is InChI=1S/C18H17F3N2O5S/c1-27-17-3-2-11(29(25,26)23-10-4-5-28-9-10)6-12(17)18(24)22-16-8-14(20)13(19)7-15(16)21/h2-3,6-8,10,23H,4-5,9H2,1H3,(H,22,24)/t10-/m0/s1. The number of rotatable bonds is 6. The fraction of sp³-hybridized carbons (Fsp3) is 0.278. The Morgan fingerprint density at radius 1 is 1.14 bits per heavy atom. The number of amides is 1. The molecule has 1 atom stereocenters. The molecule has 1 amide bonds. The number of anilines is 1. The zero-order valence-corrected chi connectivity index (χ0v) is 16.0. The van der Waals surface area contributed by atoms with Crippen molar-refractivity contribution in [3.63, 3.8) is 0 Å². The van der Waals surface area contributed by atoms with Crippen molar-refractivity contribution in [1.29, 1.82) is 0 Å². The molecule has 0 saturated carbocycles. The lowest BCUT2D eigenvalue weighted by molar-refractivity contribution is 0.102. The molecular formula is C18H17F3N2O5S. The van der Waals surface area contributed by atoms with Gasteiger partial charge in [-0.2, -0.15) is 0 Å². The molecule has 11 heteroatoms. The van der Waals surface area contributed by atoms with Crippen LogP contribution in [0.2, 0.25) is 0 Å². The highest BCUT2D eigenvalue weighted by molar-refractivity contribution is 7.89. The first kappa shape index (κ1) is 21.1. The third-order valence-electron chi connectivity index (χ3n) is 4.24. The Kier molecular flexibility index (Phi) is 6.10. The molecule has 1 heterocycles. The Morgan fingerprint density at radius 2 is 1.86 bits per heavy atom. The van der Waals surface area contributed by atoms with Crippen LogP contribution in [0.25, 0.3) is 0 Å². The minimum absolute atomic E-state index is 0.00800.